The number of carboxylic acid groups (broad SMARTS) is 1. The smallest absolute Gasteiger partial charge is 0.339 e. The lowest BCUT2D eigenvalue weighted by molar-refractivity contribution is 0.0693. The van der Waals surface area contributed by atoms with Crippen LogP contribution in [0.15, 0.2) is 18.2 Å². The molecule has 6 heteroatoms. The van der Waals surface area contributed by atoms with Gasteiger partial charge in [0.1, 0.15) is 11.3 Å². The molecule has 0 saturated heterocycles. The number of benzene rings is 1. The number of thiazole rings is 1. The molecule has 1 aromatic heterocycles. The minimum Gasteiger partial charge on any atom is -0.496 e. The molecule has 5 nitrogen and oxygen atoms in total. The number of carboxylic acids is 1. The molecule has 1 N–H and O–H groups in total. The minimum absolute atomic E-state index is 0.0791. The maximum absolute atomic E-state index is 11.5. The molecular weight excluding hydrogens is 384 g/mol. The van der Waals surface area contributed by atoms with E-state index in [0.717, 1.165) is 23.8 Å². The van der Waals surface area contributed by atoms with Crippen molar-refractivity contribution in [2.24, 2.45) is 5.92 Å². The van der Waals surface area contributed by atoms with E-state index in [1.54, 1.807) is 17.4 Å². The molecule has 0 spiro atoms. The molecule has 0 bridgehead atoms. The van der Waals surface area contributed by atoms with Gasteiger partial charge in [0.2, 0.25) is 0 Å². The van der Waals surface area contributed by atoms with E-state index in [4.69, 9.17) is 9.72 Å². The summed E-state index contributed by atoms with van der Waals surface area (Å²) in [7, 11) is 1.52. The minimum atomic E-state index is -0.977. The normalized spacial score (nSPS) is 19.5. The Balaban J connectivity index is 1.79. The molecule has 0 unspecified atom stereocenters. The van der Waals surface area contributed by atoms with Gasteiger partial charge in [-0.1, -0.05) is 27.7 Å². The van der Waals surface area contributed by atoms with Crippen LogP contribution in [0.1, 0.15) is 74.3 Å². The molecule has 0 atom stereocenters. The van der Waals surface area contributed by atoms with Gasteiger partial charge in [-0.2, -0.15) is 0 Å². The number of aromatic nitrogens is 1. The number of aromatic carboxylic acids is 1. The summed E-state index contributed by atoms with van der Waals surface area (Å²) >= 11 is 1.80. The molecule has 29 heavy (non-hydrogen) atoms. The summed E-state index contributed by atoms with van der Waals surface area (Å²) in [6.07, 6.45) is 4.78. The third-order valence-electron chi connectivity index (χ3n) is 6.34. The van der Waals surface area contributed by atoms with Gasteiger partial charge >= 0.3 is 5.97 Å². The number of carbonyl (C=O) groups is 1. The Labute approximate surface area is 176 Å². The number of nitrogens with zero attached hydrogens (tertiary/aromatic N) is 2. The number of fused-ring (bicyclic) bond motifs is 1. The van der Waals surface area contributed by atoms with E-state index >= 15 is 0 Å². The van der Waals surface area contributed by atoms with E-state index in [2.05, 4.69) is 32.6 Å². The molecule has 4 rings (SSSR count). The fourth-order valence-corrected chi connectivity index (χ4v) is 5.48. The first-order valence-corrected chi connectivity index (χ1v) is 11.1. The summed E-state index contributed by atoms with van der Waals surface area (Å²) in [5.74, 6) is 0.0789. The zero-order valence-corrected chi connectivity index (χ0v) is 18.7. The van der Waals surface area contributed by atoms with Crippen molar-refractivity contribution in [3.05, 3.63) is 34.3 Å². The summed E-state index contributed by atoms with van der Waals surface area (Å²) in [6, 6.07) is 5.35. The highest BCUT2D eigenvalue weighted by Crippen LogP contribution is 2.50. The summed E-state index contributed by atoms with van der Waals surface area (Å²) in [5, 5.41) is 10.4. The third-order valence-corrected chi connectivity index (χ3v) is 7.79. The first kappa shape index (κ1) is 20.2. The van der Waals surface area contributed by atoms with Gasteiger partial charge in [0, 0.05) is 34.0 Å². The van der Waals surface area contributed by atoms with Crippen molar-refractivity contribution in [3.8, 4) is 5.75 Å². The van der Waals surface area contributed by atoms with E-state index < -0.39 is 5.97 Å². The van der Waals surface area contributed by atoms with Crippen LogP contribution in [-0.4, -0.2) is 29.7 Å². The second kappa shape index (κ2) is 7.01. The van der Waals surface area contributed by atoms with Gasteiger partial charge in [0.05, 0.1) is 12.8 Å². The number of anilines is 2. The molecule has 2 aliphatic rings. The number of methoxy groups -OCH3 is 1. The highest BCUT2D eigenvalue weighted by molar-refractivity contribution is 7.16. The molecule has 0 amide bonds. The first-order chi connectivity index (χ1) is 13.6. The van der Waals surface area contributed by atoms with Crippen molar-refractivity contribution in [3.63, 3.8) is 0 Å². The van der Waals surface area contributed by atoms with Crippen LogP contribution in [0.25, 0.3) is 0 Å². The van der Waals surface area contributed by atoms with Gasteiger partial charge in [-0.25, -0.2) is 9.78 Å². The quantitative estimate of drug-likeness (QED) is 0.652. The average molecular weight is 415 g/mol. The van der Waals surface area contributed by atoms with E-state index in [1.165, 1.54) is 36.9 Å². The number of rotatable bonds is 6. The van der Waals surface area contributed by atoms with Crippen LogP contribution < -0.4 is 9.64 Å². The van der Waals surface area contributed by atoms with E-state index in [0.29, 0.717) is 11.7 Å². The predicted octanol–water partition coefficient (Wildman–Crippen LogP) is 5.75. The topological polar surface area (TPSA) is 62.7 Å². The van der Waals surface area contributed by atoms with Crippen LogP contribution in [0.2, 0.25) is 0 Å². The van der Waals surface area contributed by atoms with Gasteiger partial charge < -0.3 is 14.7 Å². The largest absolute Gasteiger partial charge is 0.496 e. The Morgan fingerprint density at radius 2 is 1.93 bits per heavy atom. The molecule has 1 heterocycles. The number of ether oxygens (including phenoxy) is 1. The van der Waals surface area contributed by atoms with Gasteiger partial charge in [0.15, 0.2) is 5.13 Å². The van der Waals surface area contributed by atoms with Gasteiger partial charge in [-0.05, 0) is 43.7 Å². The Kier molecular flexibility index (Phi) is 4.88. The van der Waals surface area contributed by atoms with Crippen LogP contribution in [0, 0.1) is 5.92 Å². The van der Waals surface area contributed by atoms with Crippen molar-refractivity contribution < 1.29 is 14.6 Å². The summed E-state index contributed by atoms with van der Waals surface area (Å²) in [4.78, 5) is 20.3. The Bertz CT molecular complexity index is 910. The lowest BCUT2D eigenvalue weighted by atomic mass is 9.69. The van der Waals surface area contributed by atoms with Crippen LogP contribution in [0.5, 0.6) is 5.75 Å². The van der Waals surface area contributed by atoms with Crippen molar-refractivity contribution >= 4 is 28.1 Å². The third kappa shape index (κ3) is 3.75. The van der Waals surface area contributed by atoms with Crippen LogP contribution in [-0.2, 0) is 10.8 Å². The molecule has 2 aliphatic carbocycles. The predicted molar refractivity (Wildman–Crippen MR) is 117 cm³/mol. The lowest BCUT2D eigenvalue weighted by Gasteiger charge is -2.37. The fraction of sp³-hybridized carbons (Fsp3) is 0.565. The number of hydrogen-bond donors (Lipinski definition) is 1. The van der Waals surface area contributed by atoms with Crippen molar-refractivity contribution in [2.45, 2.75) is 64.2 Å². The first-order valence-electron chi connectivity index (χ1n) is 10.3. The van der Waals surface area contributed by atoms with Crippen LogP contribution in [0.4, 0.5) is 10.8 Å². The monoisotopic (exact) mass is 414 g/mol. The Hall–Kier alpha value is -2.08. The van der Waals surface area contributed by atoms with Crippen LogP contribution in [0.3, 0.4) is 0 Å². The van der Waals surface area contributed by atoms with E-state index in [9.17, 15) is 9.90 Å². The summed E-state index contributed by atoms with van der Waals surface area (Å²) in [5.41, 5.74) is 2.57. The van der Waals surface area contributed by atoms with Gasteiger partial charge in [-0.3, -0.25) is 0 Å². The molecule has 1 aromatic carbocycles. The van der Waals surface area contributed by atoms with E-state index in [-0.39, 0.29) is 16.4 Å². The highest BCUT2D eigenvalue weighted by Gasteiger charge is 2.41. The summed E-state index contributed by atoms with van der Waals surface area (Å²) < 4.78 is 5.38. The van der Waals surface area contributed by atoms with Gasteiger partial charge in [0.25, 0.3) is 0 Å². The summed E-state index contributed by atoms with van der Waals surface area (Å²) in [6.45, 7) is 10.1. The Morgan fingerprint density at radius 3 is 2.52 bits per heavy atom. The molecule has 156 valence electrons. The molecule has 1 saturated carbocycles. The van der Waals surface area contributed by atoms with Crippen molar-refractivity contribution in [1.29, 1.82) is 0 Å². The second-order valence-corrected chi connectivity index (χ2v) is 10.7. The van der Waals surface area contributed by atoms with Crippen molar-refractivity contribution in [1.82, 2.24) is 4.98 Å². The second-order valence-electron chi connectivity index (χ2n) is 9.69. The van der Waals surface area contributed by atoms with Crippen molar-refractivity contribution in [2.75, 3.05) is 18.6 Å². The molecule has 2 aromatic rings. The maximum Gasteiger partial charge on any atom is 0.339 e. The number of hydrogen-bond acceptors (Lipinski definition) is 5. The molecule has 0 aliphatic heterocycles. The zero-order chi connectivity index (χ0) is 21.0. The highest BCUT2D eigenvalue weighted by atomic mass is 32.1. The fourth-order valence-electron chi connectivity index (χ4n) is 4.08. The van der Waals surface area contributed by atoms with Crippen LogP contribution >= 0.6 is 11.3 Å². The molecular formula is C23H30N2O3S. The average Bonchev–Trinajstić information content (AvgIpc) is 3.37. The Morgan fingerprint density at radius 1 is 1.24 bits per heavy atom. The van der Waals surface area contributed by atoms with Gasteiger partial charge in [-0.15, -0.1) is 11.3 Å². The molecule has 1 fully saturated rings. The lowest BCUT2D eigenvalue weighted by Crippen LogP contribution is -2.32. The SMILES string of the molecule is COc1cc(N(CC2CC2)c2nc3c(s2)C(C)(C)CCC3(C)C)ccc1C(=O)O. The standard InChI is InChI=1S/C23H30N2O3S/c1-22(2)10-11-23(3,4)19-18(22)24-21(29-19)25(13-14-6-7-14)15-8-9-16(20(26)27)17(12-15)28-5/h8-9,12,14H,6-7,10-11,13H2,1-5H3,(H,26,27). The zero-order valence-electron chi connectivity index (χ0n) is 17.9. The molecule has 0 radical (unpaired) electrons. The van der Waals surface area contributed by atoms with E-state index in [1.807, 2.05) is 12.1 Å². The maximum atomic E-state index is 11.5.